The minimum atomic E-state index is -0.314. The molecule has 2 heterocycles. The van der Waals surface area contributed by atoms with Gasteiger partial charge in [0, 0.05) is 42.5 Å². The molecule has 1 aromatic heterocycles. The van der Waals surface area contributed by atoms with E-state index in [2.05, 4.69) is 36.3 Å². The number of ether oxygens (including phenoxy) is 1. The van der Waals surface area contributed by atoms with Crippen LogP contribution in [0, 0.1) is 6.92 Å². The summed E-state index contributed by atoms with van der Waals surface area (Å²) in [6.45, 7) is 11.4. The van der Waals surface area contributed by atoms with Crippen LogP contribution in [0.5, 0.6) is 5.75 Å². The van der Waals surface area contributed by atoms with Crippen molar-refractivity contribution in [2.24, 2.45) is 0 Å². The molecule has 0 saturated carbocycles. The number of benzene rings is 3. The van der Waals surface area contributed by atoms with Gasteiger partial charge in [-0.2, -0.15) is 5.10 Å². The van der Waals surface area contributed by atoms with Crippen molar-refractivity contribution in [3.63, 3.8) is 0 Å². The van der Waals surface area contributed by atoms with E-state index in [0.717, 1.165) is 71.0 Å². The van der Waals surface area contributed by atoms with Crippen LogP contribution >= 0.6 is 0 Å². The van der Waals surface area contributed by atoms with Gasteiger partial charge in [0.05, 0.1) is 17.9 Å². The highest BCUT2D eigenvalue weighted by Crippen LogP contribution is 2.36. The van der Waals surface area contributed by atoms with Gasteiger partial charge in [0.25, 0.3) is 0 Å². The second-order valence-corrected chi connectivity index (χ2v) is 12.9. The lowest BCUT2D eigenvalue weighted by Crippen LogP contribution is -2.51. The summed E-state index contributed by atoms with van der Waals surface area (Å²) in [5.41, 5.74) is 6.78. The van der Waals surface area contributed by atoms with Crippen LogP contribution in [0.1, 0.15) is 49.6 Å². The van der Waals surface area contributed by atoms with E-state index >= 15 is 0 Å². The predicted octanol–water partition coefficient (Wildman–Crippen LogP) is 6.34. The number of aryl methyl sites for hydroxylation is 1. The molecule has 1 saturated heterocycles. The van der Waals surface area contributed by atoms with Crippen molar-refractivity contribution >= 4 is 29.1 Å². The van der Waals surface area contributed by atoms with Crippen LogP contribution in [-0.4, -0.2) is 59.4 Å². The van der Waals surface area contributed by atoms with Gasteiger partial charge in [-0.25, -0.2) is 9.48 Å². The Morgan fingerprint density at radius 3 is 2.40 bits per heavy atom. The van der Waals surface area contributed by atoms with Crippen LogP contribution in [0.3, 0.4) is 0 Å². The molecular weight excluding hydrogens is 564 g/mol. The molecule has 0 bridgehead atoms. The van der Waals surface area contributed by atoms with Gasteiger partial charge in [0.2, 0.25) is 5.91 Å². The Morgan fingerprint density at radius 2 is 1.67 bits per heavy atom. The maximum Gasteiger partial charge on any atom is 0.324 e. The Kier molecular flexibility index (Phi) is 8.63. The van der Waals surface area contributed by atoms with Gasteiger partial charge >= 0.3 is 6.03 Å². The number of hydrogen-bond acceptors (Lipinski definition) is 5. The van der Waals surface area contributed by atoms with Gasteiger partial charge in [-0.3, -0.25) is 15.0 Å². The molecule has 0 spiro atoms. The summed E-state index contributed by atoms with van der Waals surface area (Å²) >= 11 is 0. The number of carbonyl (C=O) groups excluding carboxylic acids is 2. The molecule has 1 aliphatic heterocycles. The molecule has 0 atom stereocenters. The summed E-state index contributed by atoms with van der Waals surface area (Å²) in [4.78, 5) is 30.1. The zero-order valence-corrected chi connectivity index (χ0v) is 26.6. The van der Waals surface area contributed by atoms with Crippen molar-refractivity contribution in [2.75, 3.05) is 48.3 Å². The summed E-state index contributed by atoms with van der Waals surface area (Å²) in [6, 6.07) is 23.4. The molecule has 6 rings (SSSR count). The molecule has 1 fully saturated rings. The van der Waals surface area contributed by atoms with Gasteiger partial charge in [-0.1, -0.05) is 56.7 Å². The number of nitrogens with zero attached hydrogens (tertiary/aromatic N) is 4. The molecule has 9 heteroatoms. The molecule has 3 amide bonds. The summed E-state index contributed by atoms with van der Waals surface area (Å²) in [5.74, 6) is 1.58. The third kappa shape index (κ3) is 6.88. The van der Waals surface area contributed by atoms with E-state index in [9.17, 15) is 9.59 Å². The Bertz CT molecular complexity index is 1670. The van der Waals surface area contributed by atoms with E-state index in [1.807, 2.05) is 84.6 Å². The first-order valence-corrected chi connectivity index (χ1v) is 15.8. The zero-order valence-electron chi connectivity index (χ0n) is 26.6. The second-order valence-electron chi connectivity index (χ2n) is 12.9. The smallest absolute Gasteiger partial charge is 0.324 e. The topological polar surface area (TPSA) is 91.7 Å². The lowest BCUT2D eigenvalue weighted by atomic mass is 9.92. The monoisotopic (exact) mass is 606 g/mol. The third-order valence-corrected chi connectivity index (χ3v) is 8.52. The van der Waals surface area contributed by atoms with Crippen molar-refractivity contribution in [3.8, 4) is 11.4 Å². The summed E-state index contributed by atoms with van der Waals surface area (Å²) < 4.78 is 8.04. The summed E-state index contributed by atoms with van der Waals surface area (Å²) in [6.07, 6.45) is 2.80. The number of fused-ring (bicyclic) bond motifs is 1. The van der Waals surface area contributed by atoms with Crippen molar-refractivity contribution in [1.29, 1.82) is 0 Å². The summed E-state index contributed by atoms with van der Waals surface area (Å²) in [7, 11) is 0. The average molecular weight is 607 g/mol. The molecule has 0 unspecified atom stereocenters. The van der Waals surface area contributed by atoms with E-state index < -0.39 is 0 Å². The maximum atomic E-state index is 13.3. The molecule has 45 heavy (non-hydrogen) atoms. The van der Waals surface area contributed by atoms with E-state index in [1.54, 1.807) is 4.68 Å². The number of rotatable bonds is 8. The number of aromatic nitrogens is 2. The first-order chi connectivity index (χ1) is 21.7. The standard InChI is InChI=1S/C36H42N6O3/c1-25-13-15-27(16-14-25)42-33(23-32(39-42)36(2,3)4)38-35(44)37-30-17-18-31(29-12-8-11-28(29)30)45-22-21-40-19-20-41(34(43)24-40)26-9-6-5-7-10-26/h5-7,9-10,13-18,23H,8,11-12,19-22,24H2,1-4H3,(H2,37,38,44). The van der Waals surface area contributed by atoms with Crippen molar-refractivity contribution in [2.45, 2.75) is 52.4 Å². The van der Waals surface area contributed by atoms with Gasteiger partial charge in [0.1, 0.15) is 18.2 Å². The first-order valence-electron chi connectivity index (χ1n) is 15.8. The molecule has 1 aliphatic carbocycles. The molecule has 0 radical (unpaired) electrons. The maximum absolute atomic E-state index is 13.3. The van der Waals surface area contributed by atoms with E-state index in [4.69, 9.17) is 9.84 Å². The number of carbonyl (C=O) groups is 2. The fourth-order valence-electron chi connectivity index (χ4n) is 5.99. The van der Waals surface area contributed by atoms with Crippen LogP contribution in [0.15, 0.2) is 72.8 Å². The highest BCUT2D eigenvalue weighted by molar-refractivity contribution is 6.00. The van der Waals surface area contributed by atoms with E-state index in [-0.39, 0.29) is 17.4 Å². The first kappa shape index (κ1) is 30.4. The normalized spacial score (nSPS) is 15.2. The zero-order chi connectivity index (χ0) is 31.6. The molecule has 2 N–H and O–H groups in total. The number of urea groups is 1. The van der Waals surface area contributed by atoms with Gasteiger partial charge < -0.3 is 15.0 Å². The molecule has 234 valence electrons. The van der Waals surface area contributed by atoms with Gasteiger partial charge in [-0.15, -0.1) is 0 Å². The van der Waals surface area contributed by atoms with Crippen LogP contribution < -0.4 is 20.3 Å². The van der Waals surface area contributed by atoms with Crippen molar-refractivity contribution in [3.05, 3.63) is 95.2 Å². The molecule has 2 aliphatic rings. The summed E-state index contributed by atoms with van der Waals surface area (Å²) in [5, 5.41) is 11.0. The highest BCUT2D eigenvalue weighted by Gasteiger charge is 2.26. The predicted molar refractivity (Wildman–Crippen MR) is 179 cm³/mol. The van der Waals surface area contributed by atoms with Crippen LogP contribution in [-0.2, 0) is 23.1 Å². The second kappa shape index (κ2) is 12.8. The van der Waals surface area contributed by atoms with Crippen molar-refractivity contribution < 1.29 is 14.3 Å². The molecule has 4 aromatic rings. The largest absolute Gasteiger partial charge is 0.492 e. The van der Waals surface area contributed by atoms with Crippen LogP contribution in [0.25, 0.3) is 5.69 Å². The van der Waals surface area contributed by atoms with Gasteiger partial charge in [0.15, 0.2) is 0 Å². The number of para-hydroxylation sites is 1. The minimum Gasteiger partial charge on any atom is -0.492 e. The number of amides is 3. The van der Waals surface area contributed by atoms with Crippen molar-refractivity contribution in [1.82, 2.24) is 14.7 Å². The molecule has 3 aromatic carbocycles. The van der Waals surface area contributed by atoms with Crippen LogP contribution in [0.2, 0.25) is 0 Å². The van der Waals surface area contributed by atoms with E-state index in [1.165, 1.54) is 0 Å². The Morgan fingerprint density at radius 1 is 0.911 bits per heavy atom. The molecular formula is C36H42N6O3. The highest BCUT2D eigenvalue weighted by atomic mass is 16.5. The van der Waals surface area contributed by atoms with Crippen LogP contribution in [0.4, 0.5) is 22.0 Å². The fraction of sp³-hybridized carbons (Fsp3) is 0.361. The number of nitrogens with one attached hydrogen (secondary N) is 2. The Hall–Kier alpha value is -4.63. The quantitative estimate of drug-likeness (QED) is 0.244. The number of hydrogen-bond donors (Lipinski definition) is 2. The Labute approximate surface area is 265 Å². The third-order valence-electron chi connectivity index (χ3n) is 8.52. The lowest BCUT2D eigenvalue weighted by molar-refractivity contribution is -0.121. The number of piperazine rings is 1. The Balaban J connectivity index is 1.09. The SMILES string of the molecule is Cc1ccc(-n2nc(C(C)(C)C)cc2NC(=O)Nc2ccc(OCCN3CCN(c4ccccc4)C(=O)C3)c3c2CCC3)cc1. The average Bonchev–Trinajstić information content (AvgIpc) is 3.68. The van der Waals surface area contributed by atoms with Gasteiger partial charge in [-0.05, 0) is 73.7 Å². The fourth-order valence-corrected chi connectivity index (χ4v) is 5.99. The minimum absolute atomic E-state index is 0.110. The van der Waals surface area contributed by atoms with E-state index in [0.29, 0.717) is 32.1 Å². The number of anilines is 3. The molecule has 9 nitrogen and oxygen atoms in total. The lowest BCUT2D eigenvalue weighted by Gasteiger charge is -2.34.